The molecule has 2 heteroatoms. The largest absolute Gasteiger partial charge is 0.310 e. The third-order valence-corrected chi connectivity index (χ3v) is 4.06. The molecular formula is C19H34N2. The molecule has 0 aliphatic heterocycles. The fourth-order valence-corrected chi connectivity index (χ4v) is 2.60. The number of nitrogens with one attached hydrogen (secondary N) is 1. The lowest BCUT2D eigenvalue weighted by Crippen LogP contribution is -2.28. The molecule has 0 heterocycles. The van der Waals surface area contributed by atoms with E-state index in [-0.39, 0.29) is 0 Å². The topological polar surface area (TPSA) is 15.3 Å². The van der Waals surface area contributed by atoms with Crippen molar-refractivity contribution < 1.29 is 0 Å². The molecule has 1 unspecified atom stereocenters. The van der Waals surface area contributed by atoms with Gasteiger partial charge < -0.3 is 10.2 Å². The van der Waals surface area contributed by atoms with E-state index in [1.54, 1.807) is 0 Å². The van der Waals surface area contributed by atoms with Crippen molar-refractivity contribution in [3.63, 3.8) is 0 Å². The summed E-state index contributed by atoms with van der Waals surface area (Å²) in [6.07, 6.45) is 6.35. The normalized spacial score (nSPS) is 12.8. The minimum atomic E-state index is 0.485. The van der Waals surface area contributed by atoms with Crippen molar-refractivity contribution in [1.29, 1.82) is 0 Å². The first-order chi connectivity index (χ1) is 10.2. The van der Waals surface area contributed by atoms with E-state index in [1.807, 2.05) is 0 Å². The summed E-state index contributed by atoms with van der Waals surface area (Å²) in [7, 11) is 2.25. The maximum absolute atomic E-state index is 3.70. The number of rotatable bonds is 11. The van der Waals surface area contributed by atoms with Crippen LogP contribution in [0.2, 0.25) is 0 Å². The van der Waals surface area contributed by atoms with Crippen LogP contribution < -0.4 is 5.32 Å². The summed E-state index contributed by atoms with van der Waals surface area (Å²) in [6, 6.07) is 9.49. The summed E-state index contributed by atoms with van der Waals surface area (Å²) in [5.74, 6) is 0. The average Bonchev–Trinajstić information content (AvgIpc) is 2.49. The van der Waals surface area contributed by atoms with Gasteiger partial charge in [0.25, 0.3) is 0 Å². The summed E-state index contributed by atoms with van der Waals surface area (Å²) >= 11 is 0. The van der Waals surface area contributed by atoms with E-state index in [0.717, 1.165) is 6.54 Å². The molecule has 0 aromatic heterocycles. The predicted octanol–water partition coefficient (Wildman–Crippen LogP) is 4.55. The van der Waals surface area contributed by atoms with Gasteiger partial charge in [-0.25, -0.2) is 0 Å². The SMILES string of the molecule is CCCCCN(C)CCC(NCCC)c1ccc(C)cc1. The minimum Gasteiger partial charge on any atom is -0.310 e. The van der Waals surface area contributed by atoms with Crippen molar-refractivity contribution in [2.24, 2.45) is 0 Å². The standard InChI is InChI=1S/C19H34N2/c1-5-7-8-15-21(4)16-13-19(20-14-6-2)18-11-9-17(3)10-12-18/h9-12,19-20H,5-8,13-16H2,1-4H3. The molecule has 1 aromatic rings. The third kappa shape index (κ3) is 7.63. The van der Waals surface area contributed by atoms with Crippen molar-refractivity contribution in [3.05, 3.63) is 35.4 Å². The van der Waals surface area contributed by atoms with Crippen molar-refractivity contribution >= 4 is 0 Å². The van der Waals surface area contributed by atoms with Crippen LogP contribution in [0.4, 0.5) is 0 Å². The summed E-state index contributed by atoms with van der Waals surface area (Å²) in [6.45, 7) is 10.1. The zero-order valence-electron chi connectivity index (χ0n) is 14.5. The zero-order chi connectivity index (χ0) is 15.5. The molecule has 120 valence electrons. The first-order valence-electron chi connectivity index (χ1n) is 8.65. The Kier molecular flexibility index (Phi) is 9.36. The van der Waals surface area contributed by atoms with Gasteiger partial charge >= 0.3 is 0 Å². The second kappa shape index (κ2) is 10.8. The van der Waals surface area contributed by atoms with Crippen LogP contribution >= 0.6 is 0 Å². The second-order valence-electron chi connectivity index (χ2n) is 6.22. The van der Waals surface area contributed by atoms with Crippen LogP contribution in [0.15, 0.2) is 24.3 Å². The van der Waals surface area contributed by atoms with E-state index in [1.165, 1.54) is 56.3 Å². The summed E-state index contributed by atoms with van der Waals surface area (Å²) < 4.78 is 0. The van der Waals surface area contributed by atoms with Crippen molar-refractivity contribution in [3.8, 4) is 0 Å². The Balaban J connectivity index is 2.47. The predicted molar refractivity (Wildman–Crippen MR) is 93.9 cm³/mol. The van der Waals surface area contributed by atoms with E-state index in [2.05, 4.69) is 62.3 Å². The molecule has 0 amide bonds. The molecule has 1 aromatic carbocycles. The number of nitrogens with zero attached hydrogens (tertiary/aromatic N) is 1. The first kappa shape index (κ1) is 18.2. The van der Waals surface area contributed by atoms with Gasteiger partial charge in [-0.3, -0.25) is 0 Å². The monoisotopic (exact) mass is 290 g/mol. The summed E-state index contributed by atoms with van der Waals surface area (Å²) in [5, 5.41) is 3.70. The molecule has 1 N–H and O–H groups in total. The molecule has 0 saturated carbocycles. The second-order valence-corrected chi connectivity index (χ2v) is 6.22. The zero-order valence-corrected chi connectivity index (χ0v) is 14.5. The molecule has 0 spiro atoms. The lowest BCUT2D eigenvalue weighted by molar-refractivity contribution is 0.301. The summed E-state index contributed by atoms with van der Waals surface area (Å²) in [5.41, 5.74) is 2.76. The molecule has 0 radical (unpaired) electrons. The fourth-order valence-electron chi connectivity index (χ4n) is 2.60. The van der Waals surface area contributed by atoms with E-state index in [0.29, 0.717) is 6.04 Å². The number of aryl methyl sites for hydroxylation is 1. The van der Waals surface area contributed by atoms with Crippen LogP contribution in [0.5, 0.6) is 0 Å². The molecule has 1 atom stereocenters. The van der Waals surface area contributed by atoms with Crippen molar-refractivity contribution in [2.45, 2.75) is 58.9 Å². The van der Waals surface area contributed by atoms with Gasteiger partial charge in [0.2, 0.25) is 0 Å². The molecule has 2 nitrogen and oxygen atoms in total. The number of unbranched alkanes of at least 4 members (excludes halogenated alkanes) is 2. The Bertz CT molecular complexity index is 358. The Hall–Kier alpha value is -0.860. The maximum Gasteiger partial charge on any atom is 0.0332 e. The quantitative estimate of drug-likeness (QED) is 0.602. The van der Waals surface area contributed by atoms with Gasteiger partial charge in [0.1, 0.15) is 0 Å². The van der Waals surface area contributed by atoms with Gasteiger partial charge in [0, 0.05) is 6.04 Å². The van der Waals surface area contributed by atoms with Gasteiger partial charge in [-0.1, -0.05) is 56.5 Å². The Morgan fingerprint density at radius 1 is 1.00 bits per heavy atom. The molecule has 0 bridgehead atoms. The van der Waals surface area contributed by atoms with E-state index in [9.17, 15) is 0 Å². The van der Waals surface area contributed by atoms with Crippen LogP contribution in [-0.2, 0) is 0 Å². The molecule has 0 aliphatic rings. The highest BCUT2D eigenvalue weighted by atomic mass is 15.1. The van der Waals surface area contributed by atoms with Crippen LogP contribution in [0, 0.1) is 6.92 Å². The van der Waals surface area contributed by atoms with E-state index in [4.69, 9.17) is 0 Å². The molecule has 0 aliphatic carbocycles. The molecular weight excluding hydrogens is 256 g/mol. The van der Waals surface area contributed by atoms with Crippen LogP contribution in [0.25, 0.3) is 0 Å². The smallest absolute Gasteiger partial charge is 0.0332 e. The van der Waals surface area contributed by atoms with Gasteiger partial charge in [-0.15, -0.1) is 0 Å². The van der Waals surface area contributed by atoms with Crippen molar-refractivity contribution in [1.82, 2.24) is 10.2 Å². The van der Waals surface area contributed by atoms with Gasteiger partial charge in [0.05, 0.1) is 0 Å². The van der Waals surface area contributed by atoms with Crippen molar-refractivity contribution in [2.75, 3.05) is 26.7 Å². The summed E-state index contributed by atoms with van der Waals surface area (Å²) in [4.78, 5) is 2.48. The average molecular weight is 290 g/mol. The van der Waals surface area contributed by atoms with Gasteiger partial charge in [-0.05, 0) is 58.4 Å². The Morgan fingerprint density at radius 2 is 1.71 bits per heavy atom. The molecule has 21 heavy (non-hydrogen) atoms. The Labute approximate surface area is 131 Å². The lowest BCUT2D eigenvalue weighted by Gasteiger charge is -2.23. The van der Waals surface area contributed by atoms with E-state index < -0.39 is 0 Å². The molecule has 0 fully saturated rings. The highest BCUT2D eigenvalue weighted by Crippen LogP contribution is 2.18. The molecule has 1 rings (SSSR count). The highest BCUT2D eigenvalue weighted by molar-refractivity contribution is 5.24. The lowest BCUT2D eigenvalue weighted by atomic mass is 10.0. The fraction of sp³-hybridized carbons (Fsp3) is 0.684. The maximum atomic E-state index is 3.70. The molecule has 0 saturated heterocycles. The van der Waals surface area contributed by atoms with Crippen LogP contribution in [0.1, 0.15) is 63.1 Å². The minimum absolute atomic E-state index is 0.485. The van der Waals surface area contributed by atoms with Gasteiger partial charge in [0.15, 0.2) is 0 Å². The highest BCUT2D eigenvalue weighted by Gasteiger charge is 2.11. The van der Waals surface area contributed by atoms with Crippen LogP contribution in [-0.4, -0.2) is 31.6 Å². The Morgan fingerprint density at radius 3 is 2.33 bits per heavy atom. The van der Waals surface area contributed by atoms with Crippen LogP contribution in [0.3, 0.4) is 0 Å². The number of hydrogen-bond acceptors (Lipinski definition) is 2. The van der Waals surface area contributed by atoms with Gasteiger partial charge in [-0.2, -0.15) is 0 Å². The number of hydrogen-bond donors (Lipinski definition) is 1. The third-order valence-electron chi connectivity index (χ3n) is 4.06. The first-order valence-corrected chi connectivity index (χ1v) is 8.65. The number of benzene rings is 1. The van der Waals surface area contributed by atoms with E-state index >= 15 is 0 Å².